The molecule has 0 heterocycles. The van der Waals surface area contributed by atoms with E-state index in [4.69, 9.17) is 18.5 Å². The number of rotatable bonds is 32. The molecule has 1 saturated carbocycles. The van der Waals surface area contributed by atoms with Gasteiger partial charge in [-0.3, -0.25) is 13.8 Å². The van der Waals surface area contributed by atoms with Gasteiger partial charge in [-0.2, -0.15) is 0 Å². The number of carbonyl (C=O) groups excluding carboxylic acids is 1. The molecule has 0 aromatic rings. The molecule has 0 bridgehead atoms. The molecule has 13 heteroatoms. The van der Waals surface area contributed by atoms with Crippen LogP contribution in [0.15, 0.2) is 36.5 Å². The lowest BCUT2D eigenvalue weighted by molar-refractivity contribution is -0.220. The Morgan fingerprint density at radius 3 is 1.71 bits per heavy atom. The van der Waals surface area contributed by atoms with Crippen molar-refractivity contribution in [2.24, 2.45) is 0 Å². The molecule has 6 N–H and O–H groups in total. The fraction of sp³-hybridized carbons (Fsp3) is 0.821. The summed E-state index contributed by atoms with van der Waals surface area (Å²) in [5.74, 6) is -0.497. The Labute approximate surface area is 312 Å². The van der Waals surface area contributed by atoms with Crippen LogP contribution in [0.4, 0.5) is 0 Å². The quantitative estimate of drug-likeness (QED) is 0.0183. The van der Waals surface area contributed by atoms with E-state index >= 15 is 0 Å². The summed E-state index contributed by atoms with van der Waals surface area (Å²) in [6.45, 7) is 4.10. The highest BCUT2D eigenvalue weighted by Gasteiger charge is 2.51. The summed E-state index contributed by atoms with van der Waals surface area (Å²) in [7, 11) is -5.01. The number of aliphatic hydroxyl groups is 5. The van der Waals surface area contributed by atoms with Crippen molar-refractivity contribution in [3.63, 3.8) is 0 Å². The van der Waals surface area contributed by atoms with E-state index < -0.39 is 63.1 Å². The normalized spacial score (nSPS) is 24.2. The monoisotopic (exact) mass is 762 g/mol. The number of esters is 1. The minimum atomic E-state index is -5.01. The Kier molecular flexibility index (Phi) is 28.8. The molecule has 0 spiro atoms. The fourth-order valence-corrected chi connectivity index (χ4v) is 6.70. The molecule has 1 aliphatic carbocycles. The van der Waals surface area contributed by atoms with Crippen LogP contribution in [-0.4, -0.2) is 98.9 Å². The summed E-state index contributed by atoms with van der Waals surface area (Å²) in [6, 6.07) is 0. The third-order valence-electron chi connectivity index (χ3n) is 8.97. The first-order chi connectivity index (χ1) is 25.0. The Hall–Kier alpha value is -1.44. The number of carbonyl (C=O) groups is 1. The summed E-state index contributed by atoms with van der Waals surface area (Å²) in [6.07, 6.45) is 20.8. The first-order valence-corrected chi connectivity index (χ1v) is 21.3. The van der Waals surface area contributed by atoms with Gasteiger partial charge in [0.2, 0.25) is 0 Å². The number of allylic oxidation sites excluding steroid dienone is 6. The molecule has 0 amide bonds. The van der Waals surface area contributed by atoms with Crippen LogP contribution < -0.4 is 0 Å². The highest BCUT2D eigenvalue weighted by molar-refractivity contribution is 7.47. The summed E-state index contributed by atoms with van der Waals surface area (Å²) >= 11 is 0. The maximum absolute atomic E-state index is 12.7. The van der Waals surface area contributed by atoms with Gasteiger partial charge >= 0.3 is 13.8 Å². The molecule has 1 aliphatic rings. The molecule has 0 radical (unpaired) electrons. The molecule has 52 heavy (non-hydrogen) atoms. The average molecular weight is 763 g/mol. The van der Waals surface area contributed by atoms with Crippen molar-refractivity contribution in [1.29, 1.82) is 0 Å². The van der Waals surface area contributed by atoms with Gasteiger partial charge < -0.3 is 39.9 Å². The van der Waals surface area contributed by atoms with E-state index in [1.54, 1.807) is 0 Å². The summed E-state index contributed by atoms with van der Waals surface area (Å²) in [4.78, 5) is 23.0. The predicted octanol–water partition coefficient (Wildman–Crippen LogP) is 6.75. The highest BCUT2D eigenvalue weighted by atomic mass is 31.2. The first kappa shape index (κ1) is 48.6. The van der Waals surface area contributed by atoms with Crippen LogP contribution in [0, 0.1) is 0 Å². The number of ether oxygens (including phenoxy) is 2. The van der Waals surface area contributed by atoms with Gasteiger partial charge in [0.1, 0.15) is 42.7 Å². The molecule has 0 aromatic heterocycles. The van der Waals surface area contributed by atoms with E-state index in [-0.39, 0.29) is 13.0 Å². The second kappa shape index (κ2) is 30.8. The lowest BCUT2D eigenvalue weighted by Gasteiger charge is -2.41. The lowest BCUT2D eigenvalue weighted by Crippen LogP contribution is -2.64. The minimum absolute atomic E-state index is 0.0871. The average Bonchev–Trinajstić information content (AvgIpc) is 3.12. The van der Waals surface area contributed by atoms with Gasteiger partial charge in [0.25, 0.3) is 0 Å². The van der Waals surface area contributed by atoms with Crippen molar-refractivity contribution < 1.29 is 58.3 Å². The number of hydrogen-bond donors (Lipinski definition) is 6. The van der Waals surface area contributed by atoms with Gasteiger partial charge in [-0.05, 0) is 57.8 Å². The van der Waals surface area contributed by atoms with Gasteiger partial charge in [-0.25, -0.2) is 4.57 Å². The maximum atomic E-state index is 12.7. The van der Waals surface area contributed by atoms with E-state index in [2.05, 4.69) is 50.3 Å². The Bertz CT molecular complexity index is 1010. The maximum Gasteiger partial charge on any atom is 0.472 e. The Morgan fingerprint density at radius 1 is 0.615 bits per heavy atom. The molecule has 304 valence electrons. The van der Waals surface area contributed by atoms with E-state index in [0.29, 0.717) is 13.0 Å². The Balaban J connectivity index is 2.48. The summed E-state index contributed by atoms with van der Waals surface area (Å²) in [5, 5.41) is 49.9. The zero-order valence-electron chi connectivity index (χ0n) is 31.8. The third-order valence-corrected chi connectivity index (χ3v) is 9.95. The van der Waals surface area contributed by atoms with Crippen LogP contribution in [0.3, 0.4) is 0 Å². The van der Waals surface area contributed by atoms with E-state index in [0.717, 1.165) is 83.5 Å². The standard InChI is InChI=1S/C39H71O12P/c1-3-5-7-9-11-13-15-16-17-18-20-22-24-26-28-33(40)50-32(30-48-29-27-25-23-21-19-14-12-10-8-6-4-2)31-49-52(46,47)51-39-37(44)35(42)34(41)36(43)38(39)45/h8-11,15-16,32,34-39,41-45H,3-7,12-14,17-31H2,1-2H3,(H,46,47)/b10-8-,11-9-,16-15-. The molecular formula is C39H71O12P. The van der Waals surface area contributed by atoms with Crippen molar-refractivity contribution in [2.75, 3.05) is 19.8 Å². The molecule has 6 atom stereocenters. The largest absolute Gasteiger partial charge is 0.472 e. The first-order valence-electron chi connectivity index (χ1n) is 19.8. The third kappa shape index (κ3) is 23.4. The van der Waals surface area contributed by atoms with Crippen LogP contribution in [0.5, 0.6) is 0 Å². The van der Waals surface area contributed by atoms with E-state index in [1.165, 1.54) is 32.1 Å². The second-order valence-electron chi connectivity index (χ2n) is 13.8. The lowest BCUT2D eigenvalue weighted by atomic mass is 9.85. The van der Waals surface area contributed by atoms with Gasteiger partial charge in [0, 0.05) is 13.0 Å². The van der Waals surface area contributed by atoms with Gasteiger partial charge in [-0.15, -0.1) is 0 Å². The van der Waals surface area contributed by atoms with Crippen LogP contribution >= 0.6 is 7.82 Å². The number of phosphoric ester groups is 1. The molecule has 0 aliphatic heterocycles. The molecule has 12 nitrogen and oxygen atoms in total. The molecular weight excluding hydrogens is 691 g/mol. The van der Waals surface area contributed by atoms with Crippen molar-refractivity contribution in [1.82, 2.24) is 0 Å². The van der Waals surface area contributed by atoms with E-state index in [9.17, 15) is 39.8 Å². The zero-order chi connectivity index (χ0) is 38.5. The summed E-state index contributed by atoms with van der Waals surface area (Å²) in [5.41, 5.74) is 0. The topological polar surface area (TPSA) is 192 Å². The van der Waals surface area contributed by atoms with Crippen LogP contribution in [-0.2, 0) is 27.9 Å². The van der Waals surface area contributed by atoms with Crippen molar-refractivity contribution in [2.45, 2.75) is 185 Å². The van der Waals surface area contributed by atoms with Crippen LogP contribution in [0.1, 0.15) is 142 Å². The van der Waals surface area contributed by atoms with Crippen molar-refractivity contribution in [3.8, 4) is 0 Å². The van der Waals surface area contributed by atoms with Gasteiger partial charge in [0.15, 0.2) is 0 Å². The molecule has 0 saturated heterocycles. The molecule has 0 aromatic carbocycles. The Morgan fingerprint density at radius 2 is 1.12 bits per heavy atom. The van der Waals surface area contributed by atoms with Crippen molar-refractivity contribution >= 4 is 13.8 Å². The molecule has 1 rings (SSSR count). The highest BCUT2D eigenvalue weighted by Crippen LogP contribution is 2.47. The predicted molar refractivity (Wildman–Crippen MR) is 202 cm³/mol. The molecule has 6 unspecified atom stereocenters. The smallest absolute Gasteiger partial charge is 0.457 e. The van der Waals surface area contributed by atoms with Crippen LogP contribution in [0.25, 0.3) is 0 Å². The fourth-order valence-electron chi connectivity index (χ4n) is 5.73. The van der Waals surface area contributed by atoms with Gasteiger partial charge in [-0.1, -0.05) is 115 Å². The molecule has 1 fully saturated rings. The second-order valence-corrected chi connectivity index (χ2v) is 15.2. The summed E-state index contributed by atoms with van der Waals surface area (Å²) < 4.78 is 34.0. The van der Waals surface area contributed by atoms with Gasteiger partial charge in [0.05, 0.1) is 13.2 Å². The van der Waals surface area contributed by atoms with Crippen LogP contribution in [0.2, 0.25) is 0 Å². The number of hydrogen-bond acceptors (Lipinski definition) is 11. The van der Waals surface area contributed by atoms with E-state index in [1.807, 2.05) is 0 Å². The number of aliphatic hydroxyl groups excluding tert-OH is 5. The zero-order valence-corrected chi connectivity index (χ0v) is 32.7. The number of unbranched alkanes of at least 4 members (excludes halogenated alkanes) is 14. The number of phosphoric acid groups is 1. The SMILES string of the molecule is CCC/C=C\CCCCCCCCOCC(COP(=O)(O)OC1C(O)C(O)C(O)C(O)C1O)OC(=O)CCCCCCC/C=C\C/C=C\CCCC. The van der Waals surface area contributed by atoms with Crippen molar-refractivity contribution in [3.05, 3.63) is 36.5 Å². The minimum Gasteiger partial charge on any atom is -0.457 e.